The summed E-state index contributed by atoms with van der Waals surface area (Å²) in [6.07, 6.45) is 0.205. The van der Waals surface area contributed by atoms with Crippen molar-refractivity contribution in [1.82, 2.24) is 0 Å². The molecule has 1 aliphatic carbocycles. The first-order valence-corrected chi connectivity index (χ1v) is 6.01. The van der Waals surface area contributed by atoms with Gasteiger partial charge in [-0.1, -0.05) is 17.7 Å². The summed E-state index contributed by atoms with van der Waals surface area (Å²) >= 11 is 1.34. The van der Waals surface area contributed by atoms with Gasteiger partial charge in [0.15, 0.2) is 0 Å². The van der Waals surface area contributed by atoms with Crippen LogP contribution < -0.4 is 0 Å². The molecule has 0 atom stereocenters. The van der Waals surface area contributed by atoms with Gasteiger partial charge < -0.3 is 10.2 Å². The van der Waals surface area contributed by atoms with E-state index >= 15 is 0 Å². The number of hydrogen-bond donors (Lipinski definition) is 2. The van der Waals surface area contributed by atoms with Crippen molar-refractivity contribution < 1.29 is 15.0 Å². The third-order valence-electron chi connectivity index (χ3n) is 2.85. The van der Waals surface area contributed by atoms with Gasteiger partial charge in [0, 0.05) is 4.90 Å². The van der Waals surface area contributed by atoms with Crippen LogP contribution >= 0.6 is 11.8 Å². The van der Waals surface area contributed by atoms with Crippen molar-refractivity contribution in [1.29, 1.82) is 0 Å². The highest BCUT2D eigenvalue weighted by molar-refractivity contribution is 8.01. The zero-order valence-electron chi connectivity index (χ0n) is 9.01. The van der Waals surface area contributed by atoms with Crippen molar-refractivity contribution in [2.75, 3.05) is 0 Å². The Labute approximate surface area is 98.5 Å². The topological polar surface area (TPSA) is 57.5 Å². The summed E-state index contributed by atoms with van der Waals surface area (Å²) in [5.41, 5.74) is 1.15. The molecule has 0 radical (unpaired) electrons. The first-order valence-electron chi connectivity index (χ1n) is 5.19. The van der Waals surface area contributed by atoms with Gasteiger partial charge in [0.1, 0.15) is 4.75 Å². The van der Waals surface area contributed by atoms with Crippen molar-refractivity contribution in [3.63, 3.8) is 0 Å². The number of hydrogen-bond acceptors (Lipinski definition) is 3. The van der Waals surface area contributed by atoms with E-state index in [-0.39, 0.29) is 0 Å². The Kier molecular flexibility index (Phi) is 2.95. The molecule has 0 bridgehead atoms. The number of rotatable bonds is 3. The molecule has 4 heteroatoms. The van der Waals surface area contributed by atoms with E-state index in [1.807, 2.05) is 31.2 Å². The molecule has 1 aliphatic rings. The van der Waals surface area contributed by atoms with Gasteiger partial charge in [0.05, 0.1) is 6.10 Å². The van der Waals surface area contributed by atoms with Crippen LogP contribution in [0.3, 0.4) is 0 Å². The SMILES string of the molecule is Cc1ccc(SC2(C(=O)O)CC(O)C2)cc1. The van der Waals surface area contributed by atoms with Crippen molar-refractivity contribution in [2.45, 2.75) is 35.5 Å². The number of aryl methyl sites for hydroxylation is 1. The van der Waals surface area contributed by atoms with Crippen molar-refractivity contribution in [3.8, 4) is 0 Å². The van der Waals surface area contributed by atoms with Gasteiger partial charge in [-0.3, -0.25) is 4.79 Å². The summed E-state index contributed by atoms with van der Waals surface area (Å²) in [7, 11) is 0. The minimum atomic E-state index is -0.830. The predicted molar refractivity (Wildman–Crippen MR) is 62.6 cm³/mol. The predicted octanol–water partition coefficient (Wildman–Crippen LogP) is 2.07. The Balaban J connectivity index is 2.13. The molecule has 1 saturated carbocycles. The Bertz CT molecular complexity index is 393. The molecule has 2 N–H and O–H groups in total. The smallest absolute Gasteiger partial charge is 0.320 e. The number of carboxylic acid groups (broad SMARTS) is 1. The maximum absolute atomic E-state index is 11.2. The van der Waals surface area contributed by atoms with Crippen LogP contribution in [-0.2, 0) is 4.79 Å². The number of aliphatic carboxylic acids is 1. The number of benzene rings is 1. The van der Waals surface area contributed by atoms with E-state index in [1.54, 1.807) is 0 Å². The Hall–Kier alpha value is -1.00. The van der Waals surface area contributed by atoms with E-state index in [9.17, 15) is 15.0 Å². The highest BCUT2D eigenvalue weighted by Crippen LogP contribution is 2.47. The number of aliphatic hydroxyl groups excluding tert-OH is 1. The summed E-state index contributed by atoms with van der Waals surface area (Å²) in [5, 5.41) is 18.5. The molecule has 16 heavy (non-hydrogen) atoms. The van der Waals surface area contributed by atoms with Crippen molar-refractivity contribution in [2.24, 2.45) is 0 Å². The lowest BCUT2D eigenvalue weighted by molar-refractivity contribution is -0.145. The maximum atomic E-state index is 11.2. The zero-order chi connectivity index (χ0) is 11.8. The second kappa shape index (κ2) is 4.11. The number of aliphatic hydroxyl groups is 1. The molecular formula is C12H14O3S. The summed E-state index contributed by atoms with van der Waals surface area (Å²) in [6.45, 7) is 1.99. The average molecular weight is 238 g/mol. The summed E-state index contributed by atoms with van der Waals surface area (Å²) < 4.78 is -0.825. The zero-order valence-corrected chi connectivity index (χ0v) is 9.83. The number of thioether (sulfide) groups is 1. The van der Waals surface area contributed by atoms with E-state index in [0.717, 1.165) is 10.5 Å². The van der Waals surface area contributed by atoms with Crippen LogP contribution in [0.5, 0.6) is 0 Å². The molecule has 86 valence electrons. The fourth-order valence-corrected chi connectivity index (χ4v) is 3.20. The molecular weight excluding hydrogens is 224 g/mol. The van der Waals surface area contributed by atoms with Crippen molar-refractivity contribution in [3.05, 3.63) is 29.8 Å². The quantitative estimate of drug-likeness (QED) is 0.846. The molecule has 0 unspecified atom stereocenters. The molecule has 0 spiro atoms. The molecule has 1 aromatic rings. The van der Waals surface area contributed by atoms with Gasteiger partial charge in [-0.15, -0.1) is 11.8 Å². The van der Waals surface area contributed by atoms with Gasteiger partial charge in [-0.05, 0) is 31.9 Å². The summed E-state index contributed by atoms with van der Waals surface area (Å²) in [6, 6.07) is 7.78. The lowest BCUT2D eigenvalue weighted by atomic mass is 9.81. The molecule has 3 nitrogen and oxygen atoms in total. The van der Waals surface area contributed by atoms with Crippen LogP contribution in [0.1, 0.15) is 18.4 Å². The van der Waals surface area contributed by atoms with Gasteiger partial charge in [-0.25, -0.2) is 0 Å². The third kappa shape index (κ3) is 2.08. The van der Waals surface area contributed by atoms with Crippen LogP contribution in [-0.4, -0.2) is 27.0 Å². The lowest BCUT2D eigenvalue weighted by Crippen LogP contribution is -2.50. The second-order valence-corrected chi connectivity index (χ2v) is 5.73. The maximum Gasteiger partial charge on any atom is 0.320 e. The molecule has 2 rings (SSSR count). The minimum Gasteiger partial charge on any atom is -0.480 e. The molecule has 0 amide bonds. The van der Waals surface area contributed by atoms with Gasteiger partial charge in [-0.2, -0.15) is 0 Å². The number of carbonyl (C=O) groups is 1. The Morgan fingerprint density at radius 2 is 1.94 bits per heavy atom. The summed E-state index contributed by atoms with van der Waals surface area (Å²) in [5.74, 6) is -0.830. The highest BCUT2D eigenvalue weighted by Gasteiger charge is 2.50. The van der Waals surface area contributed by atoms with Gasteiger partial charge in [0.2, 0.25) is 0 Å². The minimum absolute atomic E-state index is 0.334. The standard InChI is InChI=1S/C12H14O3S/c1-8-2-4-10(5-3-8)16-12(11(14)15)6-9(13)7-12/h2-5,9,13H,6-7H2,1H3,(H,14,15). The third-order valence-corrected chi connectivity index (χ3v) is 4.26. The first kappa shape index (κ1) is 11.5. The lowest BCUT2D eigenvalue weighted by Gasteiger charge is -2.40. The largest absolute Gasteiger partial charge is 0.480 e. The van der Waals surface area contributed by atoms with Crippen LogP contribution in [0.15, 0.2) is 29.2 Å². The second-order valence-electron chi connectivity index (χ2n) is 4.28. The molecule has 1 fully saturated rings. The van der Waals surface area contributed by atoms with E-state index < -0.39 is 16.8 Å². The van der Waals surface area contributed by atoms with Gasteiger partial charge >= 0.3 is 5.97 Å². The normalized spacial score (nSPS) is 28.5. The molecule has 0 saturated heterocycles. The molecule has 1 aromatic carbocycles. The van der Waals surface area contributed by atoms with Crippen LogP contribution in [0.2, 0.25) is 0 Å². The molecule has 0 heterocycles. The summed E-state index contributed by atoms with van der Waals surface area (Å²) in [4.78, 5) is 12.1. The van der Waals surface area contributed by atoms with E-state index in [4.69, 9.17) is 0 Å². The van der Waals surface area contributed by atoms with Gasteiger partial charge in [0.25, 0.3) is 0 Å². The molecule has 0 aromatic heterocycles. The van der Waals surface area contributed by atoms with Crippen LogP contribution in [0.25, 0.3) is 0 Å². The monoisotopic (exact) mass is 238 g/mol. The van der Waals surface area contributed by atoms with Crippen LogP contribution in [0.4, 0.5) is 0 Å². The first-order chi connectivity index (χ1) is 7.52. The Morgan fingerprint density at radius 3 is 2.38 bits per heavy atom. The fraction of sp³-hybridized carbons (Fsp3) is 0.417. The highest BCUT2D eigenvalue weighted by atomic mass is 32.2. The van der Waals surface area contributed by atoms with E-state index in [0.29, 0.717) is 12.8 Å². The molecule has 0 aliphatic heterocycles. The average Bonchev–Trinajstić information content (AvgIpc) is 2.18. The van der Waals surface area contributed by atoms with Crippen molar-refractivity contribution >= 4 is 17.7 Å². The number of carboxylic acids is 1. The Morgan fingerprint density at radius 1 is 1.38 bits per heavy atom. The van der Waals surface area contributed by atoms with E-state index in [1.165, 1.54) is 11.8 Å². The van der Waals surface area contributed by atoms with Crippen LogP contribution in [0, 0.1) is 6.92 Å². The van der Waals surface area contributed by atoms with E-state index in [2.05, 4.69) is 0 Å². The fourth-order valence-electron chi connectivity index (χ4n) is 1.83.